The van der Waals surface area contributed by atoms with Gasteiger partial charge in [0.05, 0.1) is 18.2 Å². The minimum absolute atomic E-state index is 0.341. The van der Waals surface area contributed by atoms with Crippen LogP contribution in [-0.4, -0.2) is 45.5 Å². The van der Waals surface area contributed by atoms with Crippen molar-refractivity contribution in [3.8, 4) is 11.3 Å². The fraction of sp³-hybridized carbons (Fsp3) is 0.182. The third-order valence-corrected chi connectivity index (χ3v) is 1.93. The number of aromatic nitrogens is 4. The van der Waals surface area contributed by atoms with Gasteiger partial charge < -0.3 is 4.90 Å². The summed E-state index contributed by atoms with van der Waals surface area (Å²) in [5, 5.41) is 7.71. The van der Waals surface area contributed by atoms with Crippen molar-refractivity contribution in [3.05, 3.63) is 30.7 Å². The number of rotatable bonds is 3. The number of hydrogen-bond donors (Lipinski definition) is 0. The van der Waals surface area contributed by atoms with E-state index in [-0.39, 0.29) is 0 Å². The van der Waals surface area contributed by atoms with E-state index in [1.54, 1.807) is 24.9 Å². The molecule has 0 N–H and O–H groups in total. The Morgan fingerprint density at radius 2 is 2.00 bits per heavy atom. The Morgan fingerprint density at radius 3 is 2.71 bits per heavy atom. The quantitative estimate of drug-likeness (QED) is 0.582. The van der Waals surface area contributed by atoms with Gasteiger partial charge in [-0.05, 0) is 12.1 Å². The van der Waals surface area contributed by atoms with E-state index < -0.39 is 0 Å². The molecule has 86 valence electrons. The van der Waals surface area contributed by atoms with Gasteiger partial charge in [-0.15, -0.1) is 5.10 Å². The summed E-state index contributed by atoms with van der Waals surface area (Å²) in [6.07, 6.45) is 6.65. The van der Waals surface area contributed by atoms with E-state index in [1.165, 1.54) is 0 Å². The van der Waals surface area contributed by atoms with Gasteiger partial charge in [-0.2, -0.15) is 5.10 Å². The predicted molar refractivity (Wildman–Crippen MR) is 64.9 cm³/mol. The molecule has 6 nitrogen and oxygen atoms in total. The Hall–Kier alpha value is -2.37. The van der Waals surface area contributed by atoms with Crippen LogP contribution in [0.1, 0.15) is 0 Å². The molecule has 0 fully saturated rings. The molecular formula is C11H12N6. The van der Waals surface area contributed by atoms with Crippen molar-refractivity contribution in [1.29, 1.82) is 0 Å². The Labute approximate surface area is 99.1 Å². The van der Waals surface area contributed by atoms with Crippen LogP contribution in [0.5, 0.6) is 0 Å². The molecule has 0 spiro atoms. The summed E-state index contributed by atoms with van der Waals surface area (Å²) in [6.45, 7) is 0. The highest BCUT2D eigenvalue weighted by Crippen LogP contribution is 2.15. The second kappa shape index (κ2) is 5.11. The van der Waals surface area contributed by atoms with Crippen molar-refractivity contribution in [2.75, 3.05) is 14.1 Å². The van der Waals surface area contributed by atoms with Crippen LogP contribution in [0.15, 0.2) is 35.7 Å². The summed E-state index contributed by atoms with van der Waals surface area (Å²) < 4.78 is 0. The predicted octanol–water partition coefficient (Wildman–Crippen LogP) is 1.15. The van der Waals surface area contributed by atoms with Gasteiger partial charge in [0.2, 0.25) is 0 Å². The monoisotopic (exact) mass is 228 g/mol. The standard InChI is InChI=1S/C11H12N6/c1-17(2)8-13-11-15-10(7-14-16-11)9-3-5-12-6-4-9/h3-8H,1-2H3/b13-8+. The highest BCUT2D eigenvalue weighted by atomic mass is 15.2. The highest BCUT2D eigenvalue weighted by Gasteiger charge is 2.01. The van der Waals surface area contributed by atoms with Gasteiger partial charge in [0.25, 0.3) is 5.95 Å². The number of aliphatic imine (C=N–C) groups is 1. The van der Waals surface area contributed by atoms with Gasteiger partial charge >= 0.3 is 0 Å². The normalized spacial score (nSPS) is 10.7. The van der Waals surface area contributed by atoms with Crippen LogP contribution >= 0.6 is 0 Å². The fourth-order valence-corrected chi connectivity index (χ4v) is 1.18. The van der Waals surface area contributed by atoms with Gasteiger partial charge in [-0.25, -0.2) is 9.98 Å². The molecule has 0 radical (unpaired) electrons. The average Bonchev–Trinajstić information content (AvgIpc) is 2.38. The lowest BCUT2D eigenvalue weighted by Gasteiger charge is -2.02. The van der Waals surface area contributed by atoms with Crippen molar-refractivity contribution in [2.45, 2.75) is 0 Å². The van der Waals surface area contributed by atoms with Crippen molar-refractivity contribution in [2.24, 2.45) is 4.99 Å². The summed E-state index contributed by atoms with van der Waals surface area (Å²) in [6, 6.07) is 3.73. The molecule has 17 heavy (non-hydrogen) atoms. The van der Waals surface area contributed by atoms with Gasteiger partial charge in [0.15, 0.2) is 0 Å². The summed E-state index contributed by atoms with van der Waals surface area (Å²) >= 11 is 0. The van der Waals surface area contributed by atoms with Gasteiger partial charge in [-0.1, -0.05) is 0 Å². The van der Waals surface area contributed by atoms with Crippen molar-refractivity contribution < 1.29 is 0 Å². The van der Waals surface area contributed by atoms with Crippen molar-refractivity contribution in [3.63, 3.8) is 0 Å². The third-order valence-electron chi connectivity index (χ3n) is 1.93. The van der Waals surface area contributed by atoms with Crippen LogP contribution < -0.4 is 0 Å². The molecule has 0 amide bonds. The second-order valence-corrected chi connectivity index (χ2v) is 3.59. The first kappa shape index (κ1) is 11.1. The Balaban J connectivity index is 2.29. The van der Waals surface area contributed by atoms with Gasteiger partial charge in [0.1, 0.15) is 0 Å². The molecular weight excluding hydrogens is 216 g/mol. The van der Waals surface area contributed by atoms with Crippen LogP contribution in [0.4, 0.5) is 5.95 Å². The van der Waals surface area contributed by atoms with Crippen molar-refractivity contribution in [1.82, 2.24) is 25.1 Å². The van der Waals surface area contributed by atoms with Crippen LogP contribution in [0, 0.1) is 0 Å². The molecule has 2 aromatic rings. The minimum Gasteiger partial charge on any atom is -0.369 e. The first-order chi connectivity index (χ1) is 8.25. The van der Waals surface area contributed by atoms with Crippen LogP contribution in [-0.2, 0) is 0 Å². The maximum Gasteiger partial charge on any atom is 0.270 e. The maximum absolute atomic E-state index is 4.29. The van der Waals surface area contributed by atoms with Gasteiger partial charge in [0, 0.05) is 32.1 Å². The molecule has 2 heterocycles. The lowest BCUT2D eigenvalue weighted by Crippen LogP contribution is -2.07. The second-order valence-electron chi connectivity index (χ2n) is 3.59. The van der Waals surface area contributed by atoms with Gasteiger partial charge in [-0.3, -0.25) is 4.98 Å². The average molecular weight is 228 g/mol. The van der Waals surface area contributed by atoms with E-state index in [0.717, 1.165) is 11.3 Å². The molecule has 0 aliphatic rings. The largest absolute Gasteiger partial charge is 0.369 e. The Kier molecular flexibility index (Phi) is 3.34. The van der Waals surface area contributed by atoms with Crippen LogP contribution in [0.3, 0.4) is 0 Å². The molecule has 0 bridgehead atoms. The molecule has 2 rings (SSSR count). The van der Waals surface area contributed by atoms with Crippen LogP contribution in [0.2, 0.25) is 0 Å². The topological polar surface area (TPSA) is 67.2 Å². The molecule has 0 aliphatic heterocycles. The molecule has 0 saturated heterocycles. The van der Waals surface area contributed by atoms with Crippen LogP contribution in [0.25, 0.3) is 11.3 Å². The molecule has 0 unspecified atom stereocenters. The van der Waals surface area contributed by atoms with E-state index in [9.17, 15) is 0 Å². The lowest BCUT2D eigenvalue weighted by atomic mass is 10.2. The third kappa shape index (κ3) is 3.04. The molecule has 6 heteroatoms. The molecule has 0 aromatic carbocycles. The van der Waals surface area contributed by atoms with Crippen molar-refractivity contribution >= 4 is 12.3 Å². The van der Waals surface area contributed by atoms with E-state index in [0.29, 0.717) is 5.95 Å². The summed E-state index contributed by atoms with van der Waals surface area (Å²) in [5.41, 5.74) is 1.67. The SMILES string of the molecule is CN(C)/C=N/c1nncc(-c2ccncc2)n1. The lowest BCUT2D eigenvalue weighted by molar-refractivity contribution is 0.642. The highest BCUT2D eigenvalue weighted by molar-refractivity contribution is 5.60. The maximum atomic E-state index is 4.29. The first-order valence-corrected chi connectivity index (χ1v) is 5.06. The minimum atomic E-state index is 0.341. The summed E-state index contributed by atoms with van der Waals surface area (Å²) in [4.78, 5) is 14.1. The molecule has 2 aromatic heterocycles. The number of hydrogen-bond acceptors (Lipinski definition) is 5. The number of nitrogens with zero attached hydrogens (tertiary/aromatic N) is 6. The zero-order valence-electron chi connectivity index (χ0n) is 9.65. The Morgan fingerprint density at radius 1 is 1.24 bits per heavy atom. The van der Waals surface area contributed by atoms with E-state index in [2.05, 4.69) is 25.2 Å². The molecule has 0 aliphatic carbocycles. The summed E-state index contributed by atoms with van der Waals surface area (Å²) in [7, 11) is 3.76. The zero-order valence-corrected chi connectivity index (χ0v) is 9.65. The first-order valence-electron chi connectivity index (χ1n) is 5.06. The molecule has 0 saturated carbocycles. The van der Waals surface area contributed by atoms with E-state index in [1.807, 2.05) is 31.1 Å². The molecule has 0 atom stereocenters. The van der Waals surface area contributed by atoms with E-state index >= 15 is 0 Å². The summed E-state index contributed by atoms with van der Waals surface area (Å²) in [5.74, 6) is 0.341. The number of pyridine rings is 1. The fourth-order valence-electron chi connectivity index (χ4n) is 1.18. The smallest absolute Gasteiger partial charge is 0.270 e. The van der Waals surface area contributed by atoms with E-state index in [4.69, 9.17) is 0 Å². The zero-order chi connectivity index (χ0) is 12.1. The Bertz CT molecular complexity index is 508.